The van der Waals surface area contributed by atoms with Crippen molar-refractivity contribution in [1.82, 2.24) is 4.90 Å². The number of nitrogens with zero attached hydrogens (tertiary/aromatic N) is 1. The molecule has 0 saturated carbocycles. The third-order valence-corrected chi connectivity index (χ3v) is 5.12. The van der Waals surface area contributed by atoms with Gasteiger partial charge in [-0.15, -0.1) is 0 Å². The van der Waals surface area contributed by atoms with Crippen molar-refractivity contribution < 1.29 is 9.53 Å². The Labute approximate surface area is 148 Å². The Kier molecular flexibility index (Phi) is 4.59. The summed E-state index contributed by atoms with van der Waals surface area (Å²) in [5.74, 6) is 0.880. The number of rotatable bonds is 5. The average molecular weight is 336 g/mol. The van der Waals surface area contributed by atoms with Gasteiger partial charge in [-0.25, -0.2) is 0 Å². The minimum atomic E-state index is 0.0675. The van der Waals surface area contributed by atoms with Gasteiger partial charge in [-0.1, -0.05) is 24.3 Å². The van der Waals surface area contributed by atoms with Crippen molar-refractivity contribution in [2.45, 2.75) is 31.7 Å². The highest BCUT2D eigenvalue weighted by Crippen LogP contribution is 2.26. The number of para-hydroxylation sites is 1. The van der Waals surface area contributed by atoms with Crippen LogP contribution in [0.2, 0.25) is 0 Å². The zero-order valence-electron chi connectivity index (χ0n) is 14.4. The number of amides is 1. The van der Waals surface area contributed by atoms with Gasteiger partial charge in [-0.05, 0) is 61.1 Å². The predicted molar refractivity (Wildman–Crippen MR) is 99.0 cm³/mol. The molecule has 1 heterocycles. The summed E-state index contributed by atoms with van der Waals surface area (Å²) in [6.45, 7) is 1.65. The minimum absolute atomic E-state index is 0.0675. The van der Waals surface area contributed by atoms with E-state index in [1.54, 1.807) is 0 Å². The lowest BCUT2D eigenvalue weighted by atomic mass is 10.1. The summed E-state index contributed by atoms with van der Waals surface area (Å²) in [5, 5.41) is 3.49. The Morgan fingerprint density at radius 2 is 1.96 bits per heavy atom. The number of benzene rings is 2. The van der Waals surface area contributed by atoms with E-state index in [1.165, 1.54) is 17.5 Å². The van der Waals surface area contributed by atoms with E-state index in [0.717, 1.165) is 43.8 Å². The van der Waals surface area contributed by atoms with Gasteiger partial charge >= 0.3 is 0 Å². The zero-order valence-corrected chi connectivity index (χ0v) is 14.4. The molecular formula is C21H24N2O2. The van der Waals surface area contributed by atoms with Crippen LogP contribution in [0, 0.1) is 0 Å². The molecule has 0 spiro atoms. The number of aryl methyl sites for hydroxylation is 2. The SMILES string of the molecule is O=C(COc1ccc2c(c1)CCC2)N1CCC(Nc2ccccc2)C1. The first kappa shape index (κ1) is 16.0. The number of fused-ring (bicyclic) bond motifs is 1. The number of hydrogen-bond donors (Lipinski definition) is 1. The van der Waals surface area contributed by atoms with Crippen molar-refractivity contribution in [3.05, 3.63) is 59.7 Å². The van der Waals surface area contributed by atoms with Gasteiger partial charge in [0, 0.05) is 24.8 Å². The number of likely N-dealkylation sites (tertiary alicyclic amines) is 1. The topological polar surface area (TPSA) is 41.6 Å². The normalized spacial score (nSPS) is 18.9. The van der Waals surface area contributed by atoms with E-state index in [2.05, 4.69) is 29.6 Å². The van der Waals surface area contributed by atoms with Crippen molar-refractivity contribution in [3.8, 4) is 5.75 Å². The van der Waals surface area contributed by atoms with E-state index in [-0.39, 0.29) is 12.5 Å². The minimum Gasteiger partial charge on any atom is -0.484 e. The lowest BCUT2D eigenvalue weighted by molar-refractivity contribution is -0.132. The Hall–Kier alpha value is -2.49. The second-order valence-electron chi connectivity index (χ2n) is 6.91. The molecule has 130 valence electrons. The van der Waals surface area contributed by atoms with E-state index in [9.17, 15) is 4.79 Å². The number of carbonyl (C=O) groups excluding carboxylic acids is 1. The van der Waals surface area contributed by atoms with Crippen molar-refractivity contribution >= 4 is 11.6 Å². The fourth-order valence-corrected chi connectivity index (χ4v) is 3.75. The maximum absolute atomic E-state index is 12.4. The fraction of sp³-hybridized carbons (Fsp3) is 0.381. The van der Waals surface area contributed by atoms with Gasteiger partial charge < -0.3 is 15.0 Å². The summed E-state index contributed by atoms with van der Waals surface area (Å²) < 4.78 is 5.75. The summed E-state index contributed by atoms with van der Waals surface area (Å²) in [7, 11) is 0. The first-order valence-electron chi connectivity index (χ1n) is 9.12. The molecule has 4 rings (SSSR count). The van der Waals surface area contributed by atoms with E-state index in [1.807, 2.05) is 29.2 Å². The molecule has 1 fully saturated rings. The molecule has 1 atom stereocenters. The van der Waals surface area contributed by atoms with Crippen molar-refractivity contribution in [3.63, 3.8) is 0 Å². The standard InChI is InChI=1S/C21H24N2O2/c24-21(15-25-20-10-9-16-5-4-6-17(16)13-20)23-12-11-19(14-23)22-18-7-2-1-3-8-18/h1-3,7-10,13,19,22H,4-6,11-12,14-15H2. The lowest BCUT2D eigenvalue weighted by Crippen LogP contribution is -2.35. The van der Waals surface area contributed by atoms with Gasteiger partial charge in [0.15, 0.2) is 6.61 Å². The van der Waals surface area contributed by atoms with Crippen molar-refractivity contribution in [2.24, 2.45) is 0 Å². The van der Waals surface area contributed by atoms with Crippen LogP contribution in [0.1, 0.15) is 24.0 Å². The average Bonchev–Trinajstić information content (AvgIpc) is 3.29. The lowest BCUT2D eigenvalue weighted by Gasteiger charge is -2.18. The molecule has 1 aliphatic carbocycles. The Balaban J connectivity index is 1.27. The summed E-state index contributed by atoms with van der Waals surface area (Å²) in [4.78, 5) is 14.3. The summed E-state index contributed by atoms with van der Waals surface area (Å²) in [5.41, 5.74) is 3.91. The van der Waals surface area contributed by atoms with Crippen LogP contribution >= 0.6 is 0 Å². The third kappa shape index (κ3) is 3.78. The molecule has 1 aliphatic heterocycles. The summed E-state index contributed by atoms with van der Waals surface area (Å²) in [6, 6.07) is 16.7. The Bertz CT molecular complexity index is 745. The van der Waals surface area contributed by atoms with Gasteiger partial charge in [0.2, 0.25) is 0 Å². The van der Waals surface area contributed by atoms with E-state index >= 15 is 0 Å². The van der Waals surface area contributed by atoms with Gasteiger partial charge in [-0.2, -0.15) is 0 Å². The maximum Gasteiger partial charge on any atom is 0.260 e. The first-order chi connectivity index (χ1) is 12.3. The molecule has 4 heteroatoms. The van der Waals surface area contributed by atoms with Gasteiger partial charge in [0.25, 0.3) is 5.91 Å². The summed E-state index contributed by atoms with van der Waals surface area (Å²) in [6.07, 6.45) is 4.48. The van der Waals surface area contributed by atoms with Crippen LogP contribution in [0.25, 0.3) is 0 Å². The van der Waals surface area contributed by atoms with E-state index < -0.39 is 0 Å². The molecule has 0 radical (unpaired) electrons. The van der Waals surface area contributed by atoms with Crippen LogP contribution in [0.5, 0.6) is 5.75 Å². The van der Waals surface area contributed by atoms with Crippen LogP contribution in [0.15, 0.2) is 48.5 Å². The molecule has 2 aliphatic rings. The second-order valence-corrected chi connectivity index (χ2v) is 6.91. The van der Waals surface area contributed by atoms with Crippen molar-refractivity contribution in [2.75, 3.05) is 25.0 Å². The van der Waals surface area contributed by atoms with Crippen LogP contribution in [0.3, 0.4) is 0 Å². The maximum atomic E-state index is 12.4. The first-order valence-corrected chi connectivity index (χ1v) is 9.12. The number of carbonyl (C=O) groups is 1. The van der Waals surface area contributed by atoms with E-state index in [4.69, 9.17) is 4.74 Å². The van der Waals surface area contributed by atoms with Gasteiger partial charge in [0.05, 0.1) is 0 Å². The molecule has 1 N–H and O–H groups in total. The Morgan fingerprint density at radius 1 is 1.12 bits per heavy atom. The van der Waals surface area contributed by atoms with E-state index in [0.29, 0.717) is 6.04 Å². The number of nitrogens with one attached hydrogen (secondary N) is 1. The summed E-state index contributed by atoms with van der Waals surface area (Å²) >= 11 is 0. The monoisotopic (exact) mass is 336 g/mol. The highest BCUT2D eigenvalue weighted by Gasteiger charge is 2.26. The molecule has 25 heavy (non-hydrogen) atoms. The van der Waals surface area contributed by atoms with Crippen LogP contribution in [0.4, 0.5) is 5.69 Å². The largest absolute Gasteiger partial charge is 0.484 e. The molecule has 1 saturated heterocycles. The molecule has 1 amide bonds. The van der Waals surface area contributed by atoms with Crippen LogP contribution in [-0.2, 0) is 17.6 Å². The highest BCUT2D eigenvalue weighted by molar-refractivity contribution is 5.78. The molecule has 0 bridgehead atoms. The fourth-order valence-electron chi connectivity index (χ4n) is 3.75. The molecule has 2 aromatic rings. The molecule has 0 aromatic heterocycles. The van der Waals surface area contributed by atoms with Gasteiger partial charge in [0.1, 0.15) is 5.75 Å². The molecule has 4 nitrogen and oxygen atoms in total. The number of hydrogen-bond acceptors (Lipinski definition) is 3. The molecule has 2 aromatic carbocycles. The smallest absolute Gasteiger partial charge is 0.260 e. The predicted octanol–water partition coefficient (Wildman–Crippen LogP) is 3.27. The number of anilines is 1. The second kappa shape index (κ2) is 7.18. The molecular weight excluding hydrogens is 312 g/mol. The van der Waals surface area contributed by atoms with Crippen LogP contribution < -0.4 is 10.1 Å². The van der Waals surface area contributed by atoms with Crippen molar-refractivity contribution in [1.29, 1.82) is 0 Å². The Morgan fingerprint density at radius 3 is 2.84 bits per heavy atom. The highest BCUT2D eigenvalue weighted by atomic mass is 16.5. The number of ether oxygens (including phenoxy) is 1. The quantitative estimate of drug-likeness (QED) is 0.911. The van der Waals surface area contributed by atoms with Gasteiger partial charge in [-0.3, -0.25) is 4.79 Å². The zero-order chi connectivity index (χ0) is 17.1. The molecule has 1 unspecified atom stereocenters. The van der Waals surface area contributed by atoms with Crippen LogP contribution in [-0.4, -0.2) is 36.5 Å². The third-order valence-electron chi connectivity index (χ3n) is 5.12.